The molecule has 0 bridgehead atoms. The van der Waals surface area contributed by atoms with Crippen molar-refractivity contribution in [2.75, 3.05) is 66.6 Å². The van der Waals surface area contributed by atoms with Gasteiger partial charge in [0.15, 0.2) is 0 Å². The molecule has 1 aliphatic heterocycles. The normalized spacial score (nSPS) is 16.7. The van der Waals surface area contributed by atoms with Crippen LogP contribution in [0.1, 0.15) is 12.8 Å². The summed E-state index contributed by atoms with van der Waals surface area (Å²) < 4.78 is 37.7. The summed E-state index contributed by atoms with van der Waals surface area (Å²) in [5.41, 5.74) is 0. The van der Waals surface area contributed by atoms with Gasteiger partial charge in [-0.25, -0.2) is 13.1 Å². The number of ether oxygens (including phenoxy) is 2. The fraction of sp³-hybridized carbons (Fsp3) is 0.667. The molecule has 0 unspecified atom stereocenters. The summed E-state index contributed by atoms with van der Waals surface area (Å²) >= 11 is 0. The Morgan fingerprint density at radius 1 is 1.04 bits per heavy atom. The summed E-state index contributed by atoms with van der Waals surface area (Å²) in [4.78, 5) is 5.03. The molecule has 1 aliphatic rings. The average Bonchev–Trinajstić information content (AvgIpc) is 2.63. The van der Waals surface area contributed by atoms with Crippen molar-refractivity contribution >= 4 is 10.0 Å². The van der Waals surface area contributed by atoms with E-state index in [0.717, 1.165) is 45.6 Å². The van der Waals surface area contributed by atoms with Gasteiger partial charge in [-0.15, -0.1) is 0 Å². The van der Waals surface area contributed by atoms with Gasteiger partial charge in [0, 0.05) is 39.8 Å². The maximum atomic E-state index is 12.3. The predicted molar refractivity (Wildman–Crippen MR) is 102 cm³/mol. The molecule has 8 heteroatoms. The van der Waals surface area contributed by atoms with E-state index >= 15 is 0 Å². The molecule has 7 nitrogen and oxygen atoms in total. The number of rotatable bonds is 11. The van der Waals surface area contributed by atoms with Crippen LogP contribution in [0.25, 0.3) is 0 Å². The number of nitrogens with zero attached hydrogens (tertiary/aromatic N) is 2. The fourth-order valence-corrected chi connectivity index (χ4v) is 3.85. The topological polar surface area (TPSA) is 71.1 Å². The number of unbranched alkanes of at least 4 members (excludes halogenated alkanes) is 1. The van der Waals surface area contributed by atoms with E-state index in [4.69, 9.17) is 9.47 Å². The van der Waals surface area contributed by atoms with Crippen LogP contribution in [0.4, 0.5) is 0 Å². The van der Waals surface area contributed by atoms with Gasteiger partial charge >= 0.3 is 0 Å². The third-order valence-corrected chi connectivity index (χ3v) is 5.96. The molecule has 0 spiro atoms. The van der Waals surface area contributed by atoms with Gasteiger partial charge in [0.2, 0.25) is 10.0 Å². The van der Waals surface area contributed by atoms with Crippen molar-refractivity contribution in [3.8, 4) is 5.75 Å². The summed E-state index contributed by atoms with van der Waals surface area (Å²) in [6.45, 7) is 6.84. The van der Waals surface area contributed by atoms with Crippen LogP contribution in [0.15, 0.2) is 29.2 Å². The molecular weight excluding hydrogens is 354 g/mol. The maximum Gasteiger partial charge on any atom is 0.240 e. The largest absolute Gasteiger partial charge is 0.491 e. The first kappa shape index (κ1) is 21.1. The highest BCUT2D eigenvalue weighted by Crippen LogP contribution is 2.16. The number of nitrogens with one attached hydrogen (secondary N) is 1. The molecule has 2 rings (SSSR count). The van der Waals surface area contributed by atoms with Gasteiger partial charge in [0.05, 0.1) is 11.5 Å². The highest BCUT2D eigenvalue weighted by Gasteiger charge is 2.15. The molecule has 148 valence electrons. The Bertz CT molecular complexity index is 614. The summed E-state index contributed by atoms with van der Waals surface area (Å²) in [6.07, 6.45) is 1.84. The smallest absolute Gasteiger partial charge is 0.240 e. The Balaban J connectivity index is 1.67. The molecule has 1 aromatic carbocycles. The van der Waals surface area contributed by atoms with Gasteiger partial charge in [0.25, 0.3) is 0 Å². The van der Waals surface area contributed by atoms with E-state index < -0.39 is 10.0 Å². The second-order valence-electron chi connectivity index (χ2n) is 6.56. The lowest BCUT2D eigenvalue weighted by Gasteiger charge is -2.32. The van der Waals surface area contributed by atoms with Crippen molar-refractivity contribution < 1.29 is 17.9 Å². The molecule has 1 fully saturated rings. The van der Waals surface area contributed by atoms with Crippen molar-refractivity contribution in [2.45, 2.75) is 17.7 Å². The van der Waals surface area contributed by atoms with Crippen LogP contribution < -0.4 is 9.46 Å². The van der Waals surface area contributed by atoms with Crippen LogP contribution in [-0.4, -0.2) is 84.9 Å². The van der Waals surface area contributed by atoms with E-state index in [1.54, 1.807) is 31.4 Å². The molecule has 26 heavy (non-hydrogen) atoms. The monoisotopic (exact) mass is 385 g/mol. The number of methoxy groups -OCH3 is 1. The first-order chi connectivity index (χ1) is 12.5. The Hall–Kier alpha value is -1.19. The van der Waals surface area contributed by atoms with Gasteiger partial charge in [-0.2, -0.15) is 0 Å². The van der Waals surface area contributed by atoms with Crippen LogP contribution in [0, 0.1) is 0 Å². The zero-order valence-electron chi connectivity index (χ0n) is 15.8. The molecule has 0 atom stereocenters. The third-order valence-electron chi connectivity index (χ3n) is 4.48. The molecule has 0 aliphatic carbocycles. The SMILES string of the molecule is COCCOc1ccc(S(=O)(=O)NCCCCN2CCN(C)CC2)cc1. The van der Waals surface area contributed by atoms with E-state index in [9.17, 15) is 8.42 Å². The lowest BCUT2D eigenvalue weighted by molar-refractivity contribution is 0.146. The summed E-state index contributed by atoms with van der Waals surface area (Å²) in [5, 5.41) is 0. The van der Waals surface area contributed by atoms with Gasteiger partial charge in [-0.3, -0.25) is 0 Å². The quantitative estimate of drug-likeness (QED) is 0.574. The van der Waals surface area contributed by atoms with Crippen molar-refractivity contribution in [1.29, 1.82) is 0 Å². The maximum absolute atomic E-state index is 12.3. The number of benzene rings is 1. The fourth-order valence-electron chi connectivity index (χ4n) is 2.78. The van der Waals surface area contributed by atoms with Crippen molar-refractivity contribution in [1.82, 2.24) is 14.5 Å². The average molecular weight is 386 g/mol. The van der Waals surface area contributed by atoms with E-state index in [2.05, 4.69) is 21.6 Å². The molecule has 1 saturated heterocycles. The van der Waals surface area contributed by atoms with Gasteiger partial charge in [-0.05, 0) is 50.7 Å². The number of piperazine rings is 1. The molecule has 0 saturated carbocycles. The number of hydrogen-bond donors (Lipinski definition) is 1. The summed E-state index contributed by atoms with van der Waals surface area (Å²) in [7, 11) is 0.285. The minimum atomic E-state index is -3.47. The summed E-state index contributed by atoms with van der Waals surface area (Å²) in [6, 6.07) is 6.46. The Kier molecular flexibility index (Phi) is 8.80. The standard InChI is InChI=1S/C18H31N3O4S/c1-20-11-13-21(14-12-20)10-4-3-9-19-26(22,23)18-7-5-17(6-8-18)25-16-15-24-2/h5-8,19H,3-4,9-16H2,1-2H3. The predicted octanol–water partition coefficient (Wildman–Crippen LogP) is 1.02. The lowest BCUT2D eigenvalue weighted by Crippen LogP contribution is -2.44. The van der Waals surface area contributed by atoms with Crippen molar-refractivity contribution in [2.24, 2.45) is 0 Å². The molecule has 0 radical (unpaired) electrons. The molecule has 1 N–H and O–H groups in total. The molecule has 0 aromatic heterocycles. The Morgan fingerprint density at radius 2 is 1.73 bits per heavy atom. The second-order valence-corrected chi connectivity index (χ2v) is 8.33. The van der Waals surface area contributed by atoms with E-state index in [0.29, 0.717) is 25.5 Å². The van der Waals surface area contributed by atoms with Crippen molar-refractivity contribution in [3.63, 3.8) is 0 Å². The number of sulfonamides is 1. The van der Waals surface area contributed by atoms with Gasteiger partial charge < -0.3 is 19.3 Å². The van der Waals surface area contributed by atoms with Crippen LogP contribution in [0.3, 0.4) is 0 Å². The van der Waals surface area contributed by atoms with Crippen LogP contribution in [0.2, 0.25) is 0 Å². The Morgan fingerprint density at radius 3 is 2.38 bits per heavy atom. The molecule has 0 amide bonds. The first-order valence-corrected chi connectivity index (χ1v) is 10.6. The van der Waals surface area contributed by atoms with Crippen LogP contribution in [-0.2, 0) is 14.8 Å². The third kappa shape index (κ3) is 7.20. The Labute approximate surface area is 157 Å². The van der Waals surface area contributed by atoms with Crippen LogP contribution >= 0.6 is 0 Å². The van der Waals surface area contributed by atoms with E-state index in [-0.39, 0.29) is 4.90 Å². The highest BCUT2D eigenvalue weighted by molar-refractivity contribution is 7.89. The van der Waals surface area contributed by atoms with Gasteiger partial charge in [0.1, 0.15) is 12.4 Å². The highest BCUT2D eigenvalue weighted by atomic mass is 32.2. The van der Waals surface area contributed by atoms with E-state index in [1.807, 2.05) is 0 Å². The summed E-state index contributed by atoms with van der Waals surface area (Å²) in [5.74, 6) is 0.633. The number of likely N-dealkylation sites (N-methyl/N-ethyl adjacent to an activating group) is 1. The lowest BCUT2D eigenvalue weighted by atomic mass is 10.2. The zero-order chi connectivity index (χ0) is 18.8. The van der Waals surface area contributed by atoms with E-state index in [1.165, 1.54) is 0 Å². The minimum Gasteiger partial charge on any atom is -0.491 e. The number of hydrogen-bond acceptors (Lipinski definition) is 6. The molecule has 1 aromatic rings. The minimum absolute atomic E-state index is 0.260. The van der Waals surface area contributed by atoms with Crippen LogP contribution in [0.5, 0.6) is 5.75 Å². The van der Waals surface area contributed by atoms with Crippen molar-refractivity contribution in [3.05, 3.63) is 24.3 Å². The molecule has 1 heterocycles. The van der Waals surface area contributed by atoms with Gasteiger partial charge in [-0.1, -0.05) is 0 Å². The second kappa shape index (κ2) is 10.8. The zero-order valence-corrected chi connectivity index (χ0v) is 16.6. The first-order valence-electron chi connectivity index (χ1n) is 9.13. The molecular formula is C18H31N3O4S.